The molecule has 5 nitrogen and oxygen atoms in total. The Bertz CT molecular complexity index is 801. The second-order valence-electron chi connectivity index (χ2n) is 7.51. The van der Waals surface area contributed by atoms with Gasteiger partial charge in [0, 0.05) is 50.2 Å². The lowest BCUT2D eigenvalue weighted by Gasteiger charge is -2.36. The molecule has 0 spiro atoms. The van der Waals surface area contributed by atoms with Gasteiger partial charge in [0.25, 0.3) is 5.91 Å². The number of rotatable bonds is 5. The first kappa shape index (κ1) is 18.8. The minimum absolute atomic E-state index is 0.0403. The summed E-state index contributed by atoms with van der Waals surface area (Å²) >= 11 is 0. The van der Waals surface area contributed by atoms with Crippen molar-refractivity contribution in [1.29, 1.82) is 0 Å². The zero-order valence-electron chi connectivity index (χ0n) is 15.5. The van der Waals surface area contributed by atoms with Gasteiger partial charge in [-0.3, -0.25) is 14.7 Å². The summed E-state index contributed by atoms with van der Waals surface area (Å²) < 4.78 is 29.0. The van der Waals surface area contributed by atoms with E-state index >= 15 is 0 Å². The fraction of sp³-hybridized carbons (Fsp3) is 0.429. The fourth-order valence-electron chi connectivity index (χ4n) is 4.25. The van der Waals surface area contributed by atoms with Gasteiger partial charge in [-0.05, 0) is 54.7 Å². The van der Waals surface area contributed by atoms with Gasteiger partial charge in [0.1, 0.15) is 5.75 Å². The van der Waals surface area contributed by atoms with Crippen LogP contribution in [-0.4, -0.2) is 53.0 Å². The molecule has 0 saturated carbocycles. The lowest BCUT2D eigenvalue weighted by Crippen LogP contribution is -2.47. The van der Waals surface area contributed by atoms with E-state index in [1.165, 1.54) is 17.7 Å². The zero-order chi connectivity index (χ0) is 19.5. The van der Waals surface area contributed by atoms with E-state index in [4.69, 9.17) is 0 Å². The third-order valence-corrected chi connectivity index (χ3v) is 5.51. The van der Waals surface area contributed by atoms with Crippen molar-refractivity contribution >= 4 is 5.91 Å². The van der Waals surface area contributed by atoms with E-state index in [1.54, 1.807) is 18.3 Å². The SMILES string of the molecule is O=C(c1ccc(OC(F)F)cc1)N1C[C@H]2CC[C@@H]1CN(Cc1cccnc1)C2. The molecule has 3 saturated heterocycles. The second-order valence-corrected chi connectivity index (χ2v) is 7.51. The second kappa shape index (κ2) is 8.22. The molecular formula is C21H23F2N3O2. The molecule has 1 aromatic heterocycles. The van der Waals surface area contributed by atoms with Crippen molar-refractivity contribution in [3.63, 3.8) is 0 Å². The van der Waals surface area contributed by atoms with Gasteiger partial charge in [0.05, 0.1) is 0 Å². The quantitative estimate of drug-likeness (QED) is 0.789. The number of fused-ring (bicyclic) bond motifs is 4. The van der Waals surface area contributed by atoms with Gasteiger partial charge in [-0.15, -0.1) is 0 Å². The number of carbonyl (C=O) groups is 1. The summed E-state index contributed by atoms with van der Waals surface area (Å²) in [7, 11) is 0. The van der Waals surface area contributed by atoms with Crippen LogP contribution in [0.4, 0.5) is 8.78 Å². The average molecular weight is 387 g/mol. The average Bonchev–Trinajstić information content (AvgIpc) is 2.99. The minimum atomic E-state index is -2.87. The van der Waals surface area contributed by atoms with E-state index in [1.807, 2.05) is 17.2 Å². The van der Waals surface area contributed by atoms with Crippen LogP contribution in [0.2, 0.25) is 0 Å². The van der Waals surface area contributed by atoms with Crippen molar-refractivity contribution in [2.75, 3.05) is 19.6 Å². The largest absolute Gasteiger partial charge is 0.435 e. The third-order valence-electron chi connectivity index (χ3n) is 5.51. The topological polar surface area (TPSA) is 45.7 Å². The predicted molar refractivity (Wildman–Crippen MR) is 100 cm³/mol. The van der Waals surface area contributed by atoms with Gasteiger partial charge < -0.3 is 9.64 Å². The highest BCUT2D eigenvalue weighted by Crippen LogP contribution is 2.30. The summed E-state index contributed by atoms with van der Waals surface area (Å²) in [5.74, 6) is 0.467. The zero-order valence-corrected chi connectivity index (χ0v) is 15.5. The van der Waals surface area contributed by atoms with Gasteiger partial charge in [-0.25, -0.2) is 0 Å². The molecule has 28 heavy (non-hydrogen) atoms. The summed E-state index contributed by atoms with van der Waals surface area (Å²) in [6.45, 7) is 0.513. The number of nitrogens with zero attached hydrogens (tertiary/aromatic N) is 3. The van der Waals surface area contributed by atoms with Crippen LogP contribution in [0.3, 0.4) is 0 Å². The van der Waals surface area contributed by atoms with E-state index in [0.717, 1.165) is 39.0 Å². The standard InChI is InChI=1S/C21H23F2N3O2/c22-21(23)28-19-7-4-17(5-8-19)20(27)26-13-16-3-6-18(26)14-25(12-16)11-15-2-1-9-24-10-15/h1-2,4-5,7-10,16,18,21H,3,6,11-14H2/t16-,18+/m0/s1. The maximum Gasteiger partial charge on any atom is 0.387 e. The first-order valence-electron chi connectivity index (χ1n) is 9.55. The van der Waals surface area contributed by atoms with Crippen LogP contribution >= 0.6 is 0 Å². The Morgan fingerprint density at radius 1 is 1.14 bits per heavy atom. The molecule has 0 N–H and O–H groups in total. The van der Waals surface area contributed by atoms with E-state index in [9.17, 15) is 13.6 Å². The molecule has 3 aliphatic rings. The molecule has 3 fully saturated rings. The molecule has 0 unspecified atom stereocenters. The first-order chi connectivity index (χ1) is 13.6. The summed E-state index contributed by atoms with van der Waals surface area (Å²) in [6.07, 6.45) is 5.78. The molecule has 4 heterocycles. The summed E-state index contributed by atoms with van der Waals surface area (Å²) in [6, 6.07) is 10.1. The first-order valence-corrected chi connectivity index (χ1v) is 9.55. The molecule has 2 bridgehead atoms. The van der Waals surface area contributed by atoms with Crippen molar-refractivity contribution in [1.82, 2.24) is 14.8 Å². The molecule has 5 rings (SSSR count). The molecule has 7 heteroatoms. The number of pyridine rings is 1. The fourth-order valence-corrected chi connectivity index (χ4v) is 4.25. The summed E-state index contributed by atoms with van der Waals surface area (Å²) in [4.78, 5) is 21.6. The smallest absolute Gasteiger partial charge is 0.387 e. The van der Waals surface area contributed by atoms with Crippen molar-refractivity contribution < 1.29 is 18.3 Å². The van der Waals surface area contributed by atoms with Crippen LogP contribution in [0.5, 0.6) is 5.75 Å². The molecule has 2 atom stereocenters. The van der Waals surface area contributed by atoms with Crippen LogP contribution in [0.1, 0.15) is 28.8 Å². The molecule has 148 valence electrons. The molecule has 3 aliphatic heterocycles. The number of alkyl halides is 2. The number of carbonyl (C=O) groups excluding carboxylic acids is 1. The van der Waals surface area contributed by atoms with Gasteiger partial charge in [-0.2, -0.15) is 8.78 Å². The lowest BCUT2D eigenvalue weighted by molar-refractivity contribution is -0.0498. The van der Waals surface area contributed by atoms with Crippen LogP contribution < -0.4 is 4.74 Å². The van der Waals surface area contributed by atoms with Crippen molar-refractivity contribution in [2.24, 2.45) is 5.92 Å². The number of piperidine rings is 1. The number of benzene rings is 1. The molecule has 0 aliphatic carbocycles. The predicted octanol–water partition coefficient (Wildman–Crippen LogP) is 3.42. The monoisotopic (exact) mass is 387 g/mol. The Balaban J connectivity index is 1.45. The number of halogens is 2. The summed E-state index contributed by atoms with van der Waals surface area (Å²) in [5.41, 5.74) is 1.68. The van der Waals surface area contributed by atoms with Crippen molar-refractivity contribution in [3.05, 3.63) is 59.9 Å². The highest BCUT2D eigenvalue weighted by Gasteiger charge is 2.37. The van der Waals surface area contributed by atoms with Crippen LogP contribution in [0.25, 0.3) is 0 Å². The Labute approximate surface area is 162 Å². The number of aromatic nitrogens is 1. The Morgan fingerprint density at radius 2 is 1.96 bits per heavy atom. The Kier molecular flexibility index (Phi) is 5.52. The van der Waals surface area contributed by atoms with Gasteiger partial charge in [-0.1, -0.05) is 6.07 Å². The van der Waals surface area contributed by atoms with Crippen molar-refractivity contribution in [2.45, 2.75) is 32.0 Å². The number of hydrogen-bond acceptors (Lipinski definition) is 4. The van der Waals surface area contributed by atoms with Crippen LogP contribution in [0, 0.1) is 5.92 Å². The Hall–Kier alpha value is -2.54. The normalized spacial score (nSPS) is 22.3. The maximum atomic E-state index is 13.0. The lowest BCUT2D eigenvalue weighted by atomic mass is 9.94. The minimum Gasteiger partial charge on any atom is -0.435 e. The molecular weight excluding hydrogens is 364 g/mol. The highest BCUT2D eigenvalue weighted by atomic mass is 19.3. The van der Waals surface area contributed by atoms with E-state index in [2.05, 4.69) is 20.7 Å². The molecule has 1 aromatic carbocycles. The number of ether oxygens (including phenoxy) is 1. The van der Waals surface area contributed by atoms with Gasteiger partial charge in [0.15, 0.2) is 0 Å². The third kappa shape index (κ3) is 4.30. The van der Waals surface area contributed by atoms with E-state index < -0.39 is 6.61 Å². The van der Waals surface area contributed by atoms with Gasteiger partial charge in [0.2, 0.25) is 0 Å². The van der Waals surface area contributed by atoms with Crippen LogP contribution in [-0.2, 0) is 6.54 Å². The van der Waals surface area contributed by atoms with Gasteiger partial charge >= 0.3 is 6.61 Å². The molecule has 2 aromatic rings. The molecule has 1 amide bonds. The molecule has 0 radical (unpaired) electrons. The van der Waals surface area contributed by atoms with E-state index in [0.29, 0.717) is 11.5 Å². The van der Waals surface area contributed by atoms with E-state index in [-0.39, 0.29) is 17.7 Å². The summed E-state index contributed by atoms with van der Waals surface area (Å²) in [5, 5.41) is 0. The van der Waals surface area contributed by atoms with Crippen molar-refractivity contribution in [3.8, 4) is 5.75 Å². The Morgan fingerprint density at radius 3 is 2.68 bits per heavy atom. The van der Waals surface area contributed by atoms with Crippen LogP contribution in [0.15, 0.2) is 48.8 Å². The number of hydrogen-bond donors (Lipinski definition) is 0. The number of amides is 1. The maximum absolute atomic E-state index is 13.0. The highest BCUT2D eigenvalue weighted by molar-refractivity contribution is 5.94.